The molecule has 4 amide bonds. The summed E-state index contributed by atoms with van der Waals surface area (Å²) in [7, 11) is 0. The van der Waals surface area contributed by atoms with Crippen LogP contribution < -0.4 is 21.1 Å². The lowest BCUT2D eigenvalue weighted by molar-refractivity contribution is -0.148. The second-order valence-corrected chi connectivity index (χ2v) is 15.3. The van der Waals surface area contributed by atoms with Crippen molar-refractivity contribution in [1.82, 2.24) is 20.4 Å². The van der Waals surface area contributed by atoms with Gasteiger partial charge >= 0.3 is 0 Å². The second kappa shape index (κ2) is 13.2. The van der Waals surface area contributed by atoms with Gasteiger partial charge in [0, 0.05) is 13.1 Å². The van der Waals surface area contributed by atoms with E-state index >= 15 is 0 Å². The Balaban J connectivity index is 1.25. The van der Waals surface area contributed by atoms with Crippen molar-refractivity contribution < 1.29 is 23.9 Å². The van der Waals surface area contributed by atoms with E-state index in [0.29, 0.717) is 57.7 Å². The summed E-state index contributed by atoms with van der Waals surface area (Å²) in [6, 6.07) is 3.67. The molecule has 4 aliphatic rings. The molecule has 46 heavy (non-hydrogen) atoms. The maximum Gasteiger partial charge on any atom is 0.246 e. The number of likely N-dealkylation sites (tertiary alicyclic amines) is 2. The number of hydrogen-bond donors (Lipinski definition) is 3. The number of para-hydroxylation sites is 1. The van der Waals surface area contributed by atoms with Gasteiger partial charge in [0.25, 0.3) is 0 Å². The zero-order valence-electron chi connectivity index (χ0n) is 28.9. The van der Waals surface area contributed by atoms with Crippen LogP contribution in [0.25, 0.3) is 0 Å². The minimum Gasteiger partial charge on any atom is -0.491 e. The highest BCUT2D eigenvalue weighted by Crippen LogP contribution is 2.65. The zero-order valence-corrected chi connectivity index (χ0v) is 28.9. The number of piperidine rings is 1. The van der Waals surface area contributed by atoms with Crippen molar-refractivity contribution in [3.05, 3.63) is 29.3 Å². The van der Waals surface area contributed by atoms with Crippen molar-refractivity contribution in [3.63, 3.8) is 0 Å². The molecule has 3 unspecified atom stereocenters. The van der Waals surface area contributed by atoms with Crippen LogP contribution in [0.15, 0.2) is 18.2 Å². The largest absolute Gasteiger partial charge is 0.491 e. The first kappa shape index (κ1) is 34.2. The van der Waals surface area contributed by atoms with Crippen molar-refractivity contribution in [2.24, 2.45) is 28.9 Å². The Bertz CT molecular complexity index is 1320. The van der Waals surface area contributed by atoms with E-state index in [1.807, 2.05) is 52.8 Å². The van der Waals surface area contributed by atoms with Crippen LogP contribution in [-0.2, 0) is 19.2 Å². The number of nitrogens with one attached hydrogen (secondary N) is 2. The molecule has 4 fully saturated rings. The molecule has 2 aliphatic carbocycles. The molecule has 0 bridgehead atoms. The van der Waals surface area contributed by atoms with E-state index in [2.05, 4.69) is 24.5 Å². The van der Waals surface area contributed by atoms with Crippen LogP contribution in [0.5, 0.6) is 5.75 Å². The molecule has 1 aromatic carbocycles. The number of nitrogens with two attached hydrogens (primary N) is 1. The summed E-state index contributed by atoms with van der Waals surface area (Å²) in [5.41, 5.74) is 7.31. The van der Waals surface area contributed by atoms with Gasteiger partial charge in [-0.15, -0.1) is 0 Å². The minimum atomic E-state index is -1.05. The van der Waals surface area contributed by atoms with E-state index in [0.717, 1.165) is 29.7 Å². The van der Waals surface area contributed by atoms with E-state index in [-0.39, 0.29) is 46.9 Å². The van der Waals surface area contributed by atoms with Crippen LogP contribution in [0.1, 0.15) is 90.7 Å². The van der Waals surface area contributed by atoms with Gasteiger partial charge < -0.3 is 30.9 Å². The van der Waals surface area contributed by atoms with Crippen LogP contribution in [-0.4, -0.2) is 82.8 Å². The Kier molecular flexibility index (Phi) is 9.79. The third kappa shape index (κ3) is 6.64. The number of nitrogens with zero attached hydrogens (tertiary/aromatic N) is 2. The molecule has 10 heteroatoms. The first-order valence-electron chi connectivity index (χ1n) is 17.4. The van der Waals surface area contributed by atoms with E-state index in [4.69, 9.17) is 10.5 Å². The predicted molar refractivity (Wildman–Crippen MR) is 177 cm³/mol. The van der Waals surface area contributed by atoms with Crippen LogP contribution in [0.2, 0.25) is 0 Å². The Morgan fingerprint density at radius 2 is 1.74 bits per heavy atom. The van der Waals surface area contributed by atoms with Crippen molar-refractivity contribution in [2.45, 2.75) is 123 Å². The van der Waals surface area contributed by atoms with Crippen LogP contribution in [0.3, 0.4) is 0 Å². The van der Waals surface area contributed by atoms with Gasteiger partial charge in [0.2, 0.25) is 23.6 Å². The molecule has 5 rings (SSSR count). The third-order valence-electron chi connectivity index (χ3n) is 11.2. The highest BCUT2D eigenvalue weighted by atomic mass is 16.5. The fraction of sp³-hybridized carbons (Fsp3) is 0.722. The maximum absolute atomic E-state index is 14.2. The highest BCUT2D eigenvalue weighted by Gasteiger charge is 2.69. The zero-order chi connectivity index (χ0) is 33.6. The standard InChI is InChI=1S/C36H55N5O5/c1-8-11-27(39-31(42)29-28-25(35(28,5)6)19-40(29)32(43)26(37)18-24-14-15-24)33(44)41-17-10-16-36(41,7)34(45)38-23(4)20-46-30-21(2)12-9-13-22(30)3/h9,12-13,23-29H,8,10-11,14-20,37H2,1-7H3,(H,38,45)(H,39,42)/t23?,25?,26?,27-,28-,29-,36-/m0/s1. The van der Waals surface area contributed by atoms with Crippen molar-refractivity contribution in [1.29, 1.82) is 0 Å². The van der Waals surface area contributed by atoms with E-state index in [1.54, 1.807) is 9.80 Å². The van der Waals surface area contributed by atoms with Crippen LogP contribution in [0.4, 0.5) is 0 Å². The number of ether oxygens (including phenoxy) is 1. The normalized spacial score (nSPS) is 28.2. The first-order chi connectivity index (χ1) is 21.7. The first-order valence-corrected chi connectivity index (χ1v) is 17.4. The molecule has 4 N–H and O–H groups in total. The maximum atomic E-state index is 14.2. The number of carbonyl (C=O) groups is 4. The number of carbonyl (C=O) groups excluding carboxylic acids is 4. The van der Waals surface area contributed by atoms with Crippen molar-refractivity contribution >= 4 is 23.6 Å². The average molecular weight is 638 g/mol. The molecule has 2 saturated carbocycles. The quantitative estimate of drug-likeness (QED) is 0.303. The summed E-state index contributed by atoms with van der Waals surface area (Å²) >= 11 is 0. The molecule has 0 radical (unpaired) electrons. The smallest absolute Gasteiger partial charge is 0.246 e. The second-order valence-electron chi connectivity index (χ2n) is 15.3. The fourth-order valence-corrected chi connectivity index (χ4v) is 8.04. The molecule has 0 spiro atoms. The minimum absolute atomic E-state index is 0.0388. The molecular weight excluding hydrogens is 582 g/mol. The van der Waals surface area contributed by atoms with Gasteiger partial charge in [0.1, 0.15) is 30.0 Å². The summed E-state index contributed by atoms with van der Waals surface area (Å²) in [4.78, 5) is 58.7. The van der Waals surface area contributed by atoms with E-state index < -0.39 is 23.7 Å². The van der Waals surface area contributed by atoms with Crippen molar-refractivity contribution in [2.75, 3.05) is 19.7 Å². The molecule has 0 aromatic heterocycles. The molecule has 1 aromatic rings. The third-order valence-corrected chi connectivity index (χ3v) is 11.2. The predicted octanol–water partition coefficient (Wildman–Crippen LogP) is 3.46. The number of hydrogen-bond acceptors (Lipinski definition) is 6. The number of benzene rings is 1. The van der Waals surface area contributed by atoms with Crippen molar-refractivity contribution in [3.8, 4) is 5.75 Å². The lowest BCUT2D eigenvalue weighted by atomic mass is 9.95. The lowest BCUT2D eigenvalue weighted by Gasteiger charge is -2.38. The van der Waals surface area contributed by atoms with Gasteiger partial charge in [0.05, 0.1) is 12.1 Å². The van der Waals surface area contributed by atoms with Gasteiger partial charge in [-0.25, -0.2) is 0 Å². The fourth-order valence-electron chi connectivity index (χ4n) is 8.04. The SMILES string of the molecule is CCC[C@H](NC(=O)[C@@H]1[C@@H]2C(CN1C(=O)C(N)CC1CC1)C2(C)C)C(=O)N1CCC[C@@]1(C)C(=O)NC(C)COc1c(C)cccc1C. The number of amides is 4. The van der Waals surface area contributed by atoms with E-state index in [1.165, 1.54) is 0 Å². The van der Waals surface area contributed by atoms with Gasteiger partial charge in [-0.2, -0.15) is 0 Å². The number of rotatable bonds is 13. The van der Waals surface area contributed by atoms with Crippen LogP contribution in [0, 0.1) is 37.0 Å². The molecule has 254 valence electrons. The topological polar surface area (TPSA) is 134 Å². The van der Waals surface area contributed by atoms with E-state index in [9.17, 15) is 19.2 Å². The average Bonchev–Trinajstić information content (AvgIpc) is 3.76. The molecule has 2 aliphatic heterocycles. The molecule has 10 nitrogen and oxygen atoms in total. The lowest BCUT2D eigenvalue weighted by Crippen LogP contribution is -2.62. The van der Waals surface area contributed by atoms with Gasteiger partial charge in [0.15, 0.2) is 0 Å². The highest BCUT2D eigenvalue weighted by molar-refractivity contribution is 5.97. The Morgan fingerprint density at radius 3 is 2.37 bits per heavy atom. The summed E-state index contributed by atoms with van der Waals surface area (Å²) in [5.74, 6) is 0.677. The molecule has 7 atom stereocenters. The summed E-state index contributed by atoms with van der Waals surface area (Å²) in [5, 5.41) is 6.14. The Labute approximate surface area is 274 Å². The number of fused-ring (bicyclic) bond motifs is 1. The molecule has 2 saturated heterocycles. The molecular formula is C36H55N5O5. The monoisotopic (exact) mass is 637 g/mol. The Hall–Kier alpha value is -3.14. The van der Waals surface area contributed by atoms with Gasteiger partial charge in [-0.1, -0.05) is 58.2 Å². The summed E-state index contributed by atoms with van der Waals surface area (Å²) < 4.78 is 6.07. The van der Waals surface area contributed by atoms with Gasteiger partial charge in [-0.3, -0.25) is 19.2 Å². The van der Waals surface area contributed by atoms with Gasteiger partial charge in [-0.05, 0) is 87.7 Å². The number of aryl methyl sites for hydroxylation is 2. The summed E-state index contributed by atoms with van der Waals surface area (Å²) in [6.45, 7) is 15.2. The molecule has 2 heterocycles. The summed E-state index contributed by atoms with van der Waals surface area (Å²) in [6.07, 6.45) is 5.22. The Morgan fingerprint density at radius 1 is 1.07 bits per heavy atom. The van der Waals surface area contributed by atoms with Crippen LogP contribution >= 0.6 is 0 Å².